The van der Waals surface area contributed by atoms with Crippen molar-refractivity contribution in [1.82, 2.24) is 24.8 Å². The van der Waals surface area contributed by atoms with E-state index in [-0.39, 0.29) is 11.9 Å². The van der Waals surface area contributed by atoms with Crippen molar-refractivity contribution < 1.29 is 9.32 Å². The molecule has 0 saturated heterocycles. The predicted octanol–water partition coefficient (Wildman–Crippen LogP) is 2.81. The van der Waals surface area contributed by atoms with Crippen LogP contribution in [0.5, 0.6) is 0 Å². The van der Waals surface area contributed by atoms with Crippen LogP contribution < -0.4 is 0 Å². The highest BCUT2D eigenvalue weighted by Crippen LogP contribution is 2.24. The van der Waals surface area contributed by atoms with Crippen LogP contribution in [0.2, 0.25) is 0 Å². The zero-order valence-corrected chi connectivity index (χ0v) is 16.6. The number of aromatic nitrogens is 4. The maximum absolute atomic E-state index is 12.8. The van der Waals surface area contributed by atoms with E-state index in [1.54, 1.807) is 0 Å². The third-order valence-corrected chi connectivity index (χ3v) is 5.44. The van der Waals surface area contributed by atoms with Crippen LogP contribution in [0.25, 0.3) is 0 Å². The Balaban J connectivity index is 1.45. The molecule has 1 aliphatic rings. The molecule has 28 heavy (non-hydrogen) atoms. The van der Waals surface area contributed by atoms with Crippen LogP contribution in [0.4, 0.5) is 0 Å². The van der Waals surface area contributed by atoms with Gasteiger partial charge in [0.25, 0.3) is 0 Å². The molecule has 3 aromatic rings. The third kappa shape index (κ3) is 3.56. The van der Waals surface area contributed by atoms with Gasteiger partial charge >= 0.3 is 0 Å². The minimum atomic E-state index is 0.0707. The number of rotatable bonds is 5. The number of carbonyl (C=O) groups excluding carboxylic acids is 1. The molecule has 7 nitrogen and oxygen atoms in total. The van der Waals surface area contributed by atoms with Crippen molar-refractivity contribution in [2.45, 2.75) is 52.6 Å². The molecule has 1 atom stereocenters. The minimum absolute atomic E-state index is 0.0707. The van der Waals surface area contributed by atoms with Gasteiger partial charge in [-0.3, -0.25) is 4.79 Å². The molecule has 4 rings (SSSR count). The molecule has 0 fully saturated rings. The molecule has 2 aromatic heterocycles. The van der Waals surface area contributed by atoms with Gasteiger partial charge in [0.1, 0.15) is 11.6 Å². The highest BCUT2D eigenvalue weighted by molar-refractivity contribution is 5.79. The van der Waals surface area contributed by atoms with E-state index in [0.29, 0.717) is 25.3 Å². The number of hydrogen-bond donors (Lipinski definition) is 0. The highest BCUT2D eigenvalue weighted by atomic mass is 16.5. The molecular formula is C21H25N5O2. The molecule has 0 spiro atoms. The Kier molecular flexibility index (Phi) is 4.98. The Hall–Kier alpha value is -2.96. The first-order valence-electron chi connectivity index (χ1n) is 9.69. The van der Waals surface area contributed by atoms with Crippen molar-refractivity contribution in [3.05, 3.63) is 64.6 Å². The van der Waals surface area contributed by atoms with Gasteiger partial charge in [-0.2, -0.15) is 0 Å². The number of amides is 1. The average molecular weight is 379 g/mol. The van der Waals surface area contributed by atoms with Gasteiger partial charge in [0.2, 0.25) is 5.91 Å². The van der Waals surface area contributed by atoms with E-state index >= 15 is 0 Å². The Morgan fingerprint density at radius 2 is 1.96 bits per heavy atom. The monoisotopic (exact) mass is 379 g/mol. The van der Waals surface area contributed by atoms with Crippen LogP contribution in [0, 0.1) is 13.8 Å². The number of fused-ring (bicyclic) bond motifs is 1. The van der Waals surface area contributed by atoms with Gasteiger partial charge in [-0.15, -0.1) is 10.2 Å². The van der Waals surface area contributed by atoms with Crippen LogP contribution in [0.3, 0.4) is 0 Å². The molecule has 7 heteroatoms. The van der Waals surface area contributed by atoms with Crippen LogP contribution in [0.15, 0.2) is 34.9 Å². The van der Waals surface area contributed by atoms with Crippen molar-refractivity contribution in [1.29, 1.82) is 0 Å². The Bertz CT molecular complexity index is 957. The Morgan fingerprint density at radius 1 is 1.18 bits per heavy atom. The van der Waals surface area contributed by atoms with Crippen molar-refractivity contribution in [2.24, 2.45) is 0 Å². The van der Waals surface area contributed by atoms with Crippen molar-refractivity contribution in [3.8, 4) is 0 Å². The lowest BCUT2D eigenvalue weighted by atomic mass is 10.1. The normalized spacial score (nSPS) is 16.2. The molecule has 0 aliphatic carbocycles. The van der Waals surface area contributed by atoms with Crippen LogP contribution in [-0.2, 0) is 30.6 Å². The van der Waals surface area contributed by atoms with Crippen LogP contribution in [-0.4, -0.2) is 37.3 Å². The summed E-state index contributed by atoms with van der Waals surface area (Å²) in [6.07, 6.45) is 2.08. The van der Waals surface area contributed by atoms with E-state index in [9.17, 15) is 4.79 Å². The second-order valence-electron chi connectivity index (χ2n) is 7.49. The fourth-order valence-corrected chi connectivity index (χ4v) is 3.89. The molecule has 1 aromatic carbocycles. The number of nitrogens with zero attached hydrogens (tertiary/aromatic N) is 5. The first-order valence-corrected chi connectivity index (χ1v) is 9.69. The smallest absolute Gasteiger partial charge is 0.227 e. The lowest BCUT2D eigenvalue weighted by Gasteiger charge is -2.32. The van der Waals surface area contributed by atoms with E-state index in [2.05, 4.69) is 51.1 Å². The SMILES string of the molecule is Cc1noc(C)c1CC(=O)N1Cc2nnc(CCc3ccccc3)n2[C@@H](C)C1. The lowest BCUT2D eigenvalue weighted by molar-refractivity contribution is -0.132. The number of hydrogen-bond acceptors (Lipinski definition) is 5. The van der Waals surface area contributed by atoms with Gasteiger partial charge in [0.05, 0.1) is 24.7 Å². The summed E-state index contributed by atoms with van der Waals surface area (Å²) in [5, 5.41) is 12.7. The molecule has 1 aliphatic heterocycles. The highest BCUT2D eigenvalue weighted by Gasteiger charge is 2.29. The van der Waals surface area contributed by atoms with E-state index in [4.69, 9.17) is 4.52 Å². The second-order valence-corrected chi connectivity index (χ2v) is 7.49. The zero-order chi connectivity index (χ0) is 19.7. The molecule has 3 heterocycles. The molecule has 0 radical (unpaired) electrons. The van der Waals surface area contributed by atoms with E-state index < -0.39 is 0 Å². The summed E-state index contributed by atoms with van der Waals surface area (Å²) in [6, 6.07) is 10.5. The standard InChI is InChI=1S/C21H25N5O2/c1-14-12-25(21(27)11-18-15(2)24-28-16(18)3)13-20-23-22-19(26(14)20)10-9-17-7-5-4-6-8-17/h4-8,14H,9-13H2,1-3H3/t14-/m0/s1. The summed E-state index contributed by atoms with van der Waals surface area (Å²) in [6.45, 7) is 6.98. The largest absolute Gasteiger partial charge is 0.361 e. The van der Waals surface area contributed by atoms with Crippen molar-refractivity contribution >= 4 is 5.91 Å². The first kappa shape index (κ1) is 18.4. The molecule has 0 bridgehead atoms. The average Bonchev–Trinajstić information content (AvgIpc) is 3.25. The first-order chi connectivity index (χ1) is 13.5. The second kappa shape index (κ2) is 7.58. The topological polar surface area (TPSA) is 77.1 Å². The lowest BCUT2D eigenvalue weighted by Crippen LogP contribution is -2.41. The van der Waals surface area contributed by atoms with Crippen LogP contribution >= 0.6 is 0 Å². The molecule has 0 N–H and O–H groups in total. The summed E-state index contributed by atoms with van der Waals surface area (Å²) < 4.78 is 7.38. The van der Waals surface area contributed by atoms with E-state index in [1.807, 2.05) is 24.8 Å². The van der Waals surface area contributed by atoms with Gasteiger partial charge in [-0.1, -0.05) is 35.5 Å². The zero-order valence-electron chi connectivity index (χ0n) is 16.6. The summed E-state index contributed by atoms with van der Waals surface area (Å²) in [5.74, 6) is 2.63. The van der Waals surface area contributed by atoms with E-state index in [0.717, 1.165) is 35.7 Å². The van der Waals surface area contributed by atoms with Gasteiger partial charge in [0.15, 0.2) is 5.82 Å². The summed E-state index contributed by atoms with van der Waals surface area (Å²) in [7, 11) is 0. The Morgan fingerprint density at radius 3 is 2.68 bits per heavy atom. The van der Waals surface area contributed by atoms with E-state index in [1.165, 1.54) is 5.56 Å². The van der Waals surface area contributed by atoms with Gasteiger partial charge in [-0.05, 0) is 32.8 Å². The molecule has 1 amide bonds. The van der Waals surface area contributed by atoms with Crippen molar-refractivity contribution in [3.63, 3.8) is 0 Å². The minimum Gasteiger partial charge on any atom is -0.361 e. The molecule has 146 valence electrons. The number of benzene rings is 1. The number of aryl methyl sites for hydroxylation is 4. The van der Waals surface area contributed by atoms with Gasteiger partial charge in [-0.25, -0.2) is 0 Å². The van der Waals surface area contributed by atoms with Gasteiger partial charge in [0, 0.05) is 18.5 Å². The third-order valence-electron chi connectivity index (χ3n) is 5.44. The van der Waals surface area contributed by atoms with Gasteiger partial charge < -0.3 is 14.0 Å². The number of carbonyl (C=O) groups is 1. The fraction of sp³-hybridized carbons (Fsp3) is 0.429. The quantitative estimate of drug-likeness (QED) is 0.681. The molecule has 0 saturated carbocycles. The Labute approximate surface area is 164 Å². The summed E-state index contributed by atoms with van der Waals surface area (Å²) in [4.78, 5) is 14.7. The summed E-state index contributed by atoms with van der Waals surface area (Å²) >= 11 is 0. The van der Waals surface area contributed by atoms with Crippen LogP contribution in [0.1, 0.15) is 47.2 Å². The summed E-state index contributed by atoms with van der Waals surface area (Å²) in [5.41, 5.74) is 2.95. The fourth-order valence-electron chi connectivity index (χ4n) is 3.89. The maximum atomic E-state index is 12.8. The maximum Gasteiger partial charge on any atom is 0.227 e. The predicted molar refractivity (Wildman–Crippen MR) is 104 cm³/mol. The molecule has 0 unspecified atom stereocenters. The van der Waals surface area contributed by atoms with Crippen molar-refractivity contribution in [2.75, 3.05) is 6.54 Å². The molecular weight excluding hydrogens is 354 g/mol.